The predicted octanol–water partition coefficient (Wildman–Crippen LogP) is 1.51. The molecule has 0 aliphatic heterocycles. The molecule has 84 valence electrons. The van der Waals surface area contributed by atoms with Crippen LogP contribution in [0.1, 0.15) is 12.5 Å². The van der Waals surface area contributed by atoms with E-state index in [2.05, 4.69) is 4.90 Å². The number of ether oxygens (including phenoxy) is 1. The van der Waals surface area contributed by atoms with Gasteiger partial charge in [-0.15, -0.1) is 0 Å². The van der Waals surface area contributed by atoms with Crippen molar-refractivity contribution in [3.05, 3.63) is 29.8 Å². The quantitative estimate of drug-likeness (QED) is 0.798. The van der Waals surface area contributed by atoms with Crippen LogP contribution in [0.15, 0.2) is 24.3 Å². The second kappa shape index (κ2) is 5.73. The number of hydrogen-bond acceptors (Lipinski definition) is 3. The van der Waals surface area contributed by atoms with Gasteiger partial charge in [-0.05, 0) is 31.7 Å². The number of methoxy groups -OCH3 is 1. The Bertz CT molecular complexity index is 282. The van der Waals surface area contributed by atoms with Crippen LogP contribution >= 0.6 is 0 Å². The molecule has 0 aliphatic carbocycles. The van der Waals surface area contributed by atoms with Crippen molar-refractivity contribution in [1.29, 1.82) is 0 Å². The van der Waals surface area contributed by atoms with E-state index in [4.69, 9.17) is 4.74 Å². The Morgan fingerprint density at radius 2 is 1.93 bits per heavy atom. The van der Waals surface area contributed by atoms with Gasteiger partial charge in [0.2, 0.25) is 0 Å². The van der Waals surface area contributed by atoms with Crippen LogP contribution in [0.5, 0.6) is 5.75 Å². The molecule has 0 aromatic heterocycles. The Balaban J connectivity index is 2.49. The zero-order valence-corrected chi connectivity index (χ0v) is 9.60. The average Bonchev–Trinajstić information content (AvgIpc) is 2.17. The van der Waals surface area contributed by atoms with Gasteiger partial charge in [-0.1, -0.05) is 12.1 Å². The highest BCUT2D eigenvalue weighted by molar-refractivity contribution is 5.26. The fraction of sp³-hybridized carbons (Fsp3) is 0.500. The normalized spacial score (nSPS) is 12.9. The zero-order valence-electron chi connectivity index (χ0n) is 9.60. The van der Waals surface area contributed by atoms with Crippen LogP contribution in [0.4, 0.5) is 0 Å². The second-order valence-corrected chi connectivity index (χ2v) is 3.89. The standard InChI is InChI=1S/C12H19NO2/c1-10(14)8-13(2)9-11-4-6-12(15-3)7-5-11/h4-7,10,14H,8-9H2,1-3H3/t10-/m1/s1. The Labute approximate surface area is 91.3 Å². The molecule has 3 heteroatoms. The third kappa shape index (κ3) is 4.32. The maximum absolute atomic E-state index is 9.22. The fourth-order valence-electron chi connectivity index (χ4n) is 1.56. The monoisotopic (exact) mass is 209 g/mol. The summed E-state index contributed by atoms with van der Waals surface area (Å²) in [5.74, 6) is 0.872. The molecule has 0 saturated carbocycles. The molecule has 15 heavy (non-hydrogen) atoms. The molecule has 0 radical (unpaired) electrons. The summed E-state index contributed by atoms with van der Waals surface area (Å²) in [4.78, 5) is 2.09. The van der Waals surface area contributed by atoms with Crippen molar-refractivity contribution in [1.82, 2.24) is 4.90 Å². The van der Waals surface area contributed by atoms with Crippen molar-refractivity contribution in [3.63, 3.8) is 0 Å². The van der Waals surface area contributed by atoms with E-state index in [0.29, 0.717) is 6.54 Å². The van der Waals surface area contributed by atoms with Crippen LogP contribution in [-0.4, -0.2) is 36.8 Å². The van der Waals surface area contributed by atoms with Crippen molar-refractivity contribution in [3.8, 4) is 5.75 Å². The zero-order chi connectivity index (χ0) is 11.3. The molecule has 1 aromatic carbocycles. The molecule has 0 heterocycles. The molecule has 0 bridgehead atoms. The molecule has 0 fully saturated rings. The van der Waals surface area contributed by atoms with Gasteiger partial charge < -0.3 is 9.84 Å². The molecule has 0 unspecified atom stereocenters. The number of likely N-dealkylation sites (N-methyl/N-ethyl adjacent to an activating group) is 1. The van der Waals surface area contributed by atoms with Gasteiger partial charge in [-0.2, -0.15) is 0 Å². The topological polar surface area (TPSA) is 32.7 Å². The van der Waals surface area contributed by atoms with Gasteiger partial charge >= 0.3 is 0 Å². The van der Waals surface area contributed by atoms with Gasteiger partial charge in [-0.25, -0.2) is 0 Å². The van der Waals surface area contributed by atoms with Crippen LogP contribution in [0.3, 0.4) is 0 Å². The molecule has 0 spiro atoms. The molecule has 1 N–H and O–H groups in total. The Morgan fingerprint density at radius 1 is 1.33 bits per heavy atom. The van der Waals surface area contributed by atoms with Crippen molar-refractivity contribution >= 4 is 0 Å². The maximum Gasteiger partial charge on any atom is 0.118 e. The summed E-state index contributed by atoms with van der Waals surface area (Å²) in [6, 6.07) is 7.98. The van der Waals surface area contributed by atoms with Gasteiger partial charge in [0.25, 0.3) is 0 Å². The third-order valence-electron chi connectivity index (χ3n) is 2.19. The maximum atomic E-state index is 9.22. The van der Waals surface area contributed by atoms with E-state index in [1.165, 1.54) is 5.56 Å². The summed E-state index contributed by atoms with van der Waals surface area (Å²) in [6.45, 7) is 3.32. The predicted molar refractivity (Wildman–Crippen MR) is 61.0 cm³/mol. The van der Waals surface area contributed by atoms with E-state index in [-0.39, 0.29) is 6.10 Å². The van der Waals surface area contributed by atoms with Crippen LogP contribution in [0.2, 0.25) is 0 Å². The minimum Gasteiger partial charge on any atom is -0.497 e. The minimum atomic E-state index is -0.284. The second-order valence-electron chi connectivity index (χ2n) is 3.89. The SMILES string of the molecule is COc1ccc(CN(C)C[C@@H](C)O)cc1. The van der Waals surface area contributed by atoms with Crippen molar-refractivity contribution in [2.45, 2.75) is 19.6 Å². The highest BCUT2D eigenvalue weighted by Gasteiger charge is 2.03. The molecule has 0 aliphatic rings. The molecule has 0 amide bonds. The van der Waals surface area contributed by atoms with Crippen LogP contribution < -0.4 is 4.74 Å². The van der Waals surface area contributed by atoms with Gasteiger partial charge in [-0.3, -0.25) is 4.90 Å². The van der Waals surface area contributed by atoms with Crippen molar-refractivity contribution < 1.29 is 9.84 Å². The first kappa shape index (κ1) is 12.0. The first-order valence-corrected chi connectivity index (χ1v) is 5.11. The smallest absolute Gasteiger partial charge is 0.118 e. The number of hydrogen-bond donors (Lipinski definition) is 1. The lowest BCUT2D eigenvalue weighted by Crippen LogP contribution is -2.26. The van der Waals surface area contributed by atoms with E-state index in [9.17, 15) is 5.11 Å². The first-order valence-electron chi connectivity index (χ1n) is 5.11. The lowest BCUT2D eigenvalue weighted by atomic mass is 10.2. The first-order chi connectivity index (χ1) is 7.11. The molecule has 0 saturated heterocycles. The largest absolute Gasteiger partial charge is 0.497 e. The van der Waals surface area contributed by atoms with Gasteiger partial charge in [0.1, 0.15) is 5.75 Å². The van der Waals surface area contributed by atoms with Crippen LogP contribution in [-0.2, 0) is 6.54 Å². The fourth-order valence-corrected chi connectivity index (χ4v) is 1.56. The van der Waals surface area contributed by atoms with E-state index in [1.807, 2.05) is 31.3 Å². The highest BCUT2D eigenvalue weighted by Crippen LogP contribution is 2.12. The Kier molecular flexibility index (Phi) is 4.59. The van der Waals surface area contributed by atoms with E-state index < -0.39 is 0 Å². The Morgan fingerprint density at radius 3 is 2.40 bits per heavy atom. The summed E-state index contributed by atoms with van der Waals surface area (Å²) in [6.07, 6.45) is -0.284. The van der Waals surface area contributed by atoms with Gasteiger partial charge in [0, 0.05) is 13.1 Å². The Hall–Kier alpha value is -1.06. The van der Waals surface area contributed by atoms with E-state index in [1.54, 1.807) is 14.0 Å². The van der Waals surface area contributed by atoms with Gasteiger partial charge in [0.05, 0.1) is 13.2 Å². The van der Waals surface area contributed by atoms with Crippen LogP contribution in [0.25, 0.3) is 0 Å². The molecular formula is C12H19NO2. The summed E-state index contributed by atoms with van der Waals surface area (Å²) >= 11 is 0. The van der Waals surface area contributed by atoms with E-state index >= 15 is 0 Å². The number of aliphatic hydroxyl groups excluding tert-OH is 1. The summed E-state index contributed by atoms with van der Waals surface area (Å²) in [5.41, 5.74) is 1.22. The van der Waals surface area contributed by atoms with Crippen LogP contribution in [0, 0.1) is 0 Å². The lowest BCUT2D eigenvalue weighted by molar-refractivity contribution is 0.138. The van der Waals surface area contributed by atoms with Crippen molar-refractivity contribution in [2.24, 2.45) is 0 Å². The molecule has 3 nitrogen and oxygen atoms in total. The lowest BCUT2D eigenvalue weighted by Gasteiger charge is -2.18. The minimum absolute atomic E-state index is 0.284. The molecule has 1 aromatic rings. The molecule has 1 rings (SSSR count). The molecule has 1 atom stereocenters. The molecular weight excluding hydrogens is 190 g/mol. The third-order valence-corrected chi connectivity index (χ3v) is 2.19. The van der Waals surface area contributed by atoms with E-state index in [0.717, 1.165) is 12.3 Å². The number of aliphatic hydroxyl groups is 1. The summed E-state index contributed by atoms with van der Waals surface area (Å²) < 4.78 is 5.09. The number of rotatable bonds is 5. The van der Waals surface area contributed by atoms with Gasteiger partial charge in [0.15, 0.2) is 0 Å². The van der Waals surface area contributed by atoms with Crippen molar-refractivity contribution in [2.75, 3.05) is 20.7 Å². The summed E-state index contributed by atoms with van der Waals surface area (Å²) in [5, 5.41) is 9.22. The highest BCUT2D eigenvalue weighted by atomic mass is 16.5. The number of benzene rings is 1. The summed E-state index contributed by atoms with van der Waals surface area (Å²) in [7, 11) is 3.66. The number of nitrogens with zero attached hydrogens (tertiary/aromatic N) is 1. The average molecular weight is 209 g/mol.